The van der Waals surface area contributed by atoms with Gasteiger partial charge >= 0.3 is 5.97 Å². The molecule has 1 unspecified atom stereocenters. The summed E-state index contributed by atoms with van der Waals surface area (Å²) in [4.78, 5) is 16.6. The number of unbranched alkanes of at least 4 members (excludes halogenated alkanes) is 11. The van der Waals surface area contributed by atoms with E-state index in [0.717, 1.165) is 36.0 Å². The van der Waals surface area contributed by atoms with Crippen LogP contribution < -0.4 is 0 Å². The Balaban J connectivity index is 1.17. The second-order valence-corrected chi connectivity index (χ2v) is 16.3. The molecule has 4 aromatic carbocycles. The SMILES string of the molecule is CCCCCCCCCCCCCC=C[C@@H](OC(=O)c1ccccc1)[C@H](CO[C@H]1O[C@@H]2COC(c3ccccc3)O[C@@H]2[C@H](OCc2ccccc2)[C@H]1OCc1ccccc1)N=[N+]=[N-]. The van der Waals surface area contributed by atoms with E-state index in [0.29, 0.717) is 5.56 Å². The molecular weight excluding hydrogens is 795 g/mol. The van der Waals surface area contributed by atoms with Crippen molar-refractivity contribution < 1.29 is 38.0 Å². The van der Waals surface area contributed by atoms with E-state index in [2.05, 4.69) is 16.9 Å². The number of benzene rings is 4. The summed E-state index contributed by atoms with van der Waals surface area (Å²) in [5.74, 6) is -0.530. The molecule has 6 rings (SSSR count). The molecule has 0 radical (unpaired) electrons. The fourth-order valence-electron chi connectivity index (χ4n) is 7.98. The number of carbonyl (C=O) groups is 1. The van der Waals surface area contributed by atoms with Gasteiger partial charge in [0.05, 0.1) is 32.0 Å². The zero-order valence-corrected chi connectivity index (χ0v) is 36.7. The largest absolute Gasteiger partial charge is 0.454 e. The van der Waals surface area contributed by atoms with Crippen molar-refractivity contribution in [3.63, 3.8) is 0 Å². The predicted octanol–water partition coefficient (Wildman–Crippen LogP) is 12.2. The van der Waals surface area contributed by atoms with Crippen molar-refractivity contribution in [1.29, 1.82) is 0 Å². The standard InChI is InChI=1S/C52H65N3O8/c1-2-3-4-5-6-7-8-9-10-11-12-13-26-35-45(61-50(56)42-31-22-16-23-32-42)44(54-55-53)38-59-52-49(58-37-41-29-20-15-21-30-41)48(57-36-40-27-18-14-19-28-40)47-46(62-52)39-60-51(63-47)43-33-24-17-25-34-43/h14-35,44-49,51-52H,2-13,36-39H2,1H3/t44-,45+,46+,47-,48-,49+,51?,52-/m0/s1. The Labute approximate surface area is 373 Å². The third kappa shape index (κ3) is 15.7. The monoisotopic (exact) mass is 859 g/mol. The molecule has 8 atom stereocenters. The quantitative estimate of drug-likeness (QED) is 0.0145. The molecule has 2 fully saturated rings. The van der Waals surface area contributed by atoms with Gasteiger partial charge in [0.15, 0.2) is 12.6 Å². The molecule has 2 aliphatic rings. The highest BCUT2D eigenvalue weighted by Crippen LogP contribution is 2.37. The summed E-state index contributed by atoms with van der Waals surface area (Å²) < 4.78 is 45.7. The van der Waals surface area contributed by atoms with Gasteiger partial charge in [-0.25, -0.2) is 4.79 Å². The average molecular weight is 860 g/mol. The van der Waals surface area contributed by atoms with Gasteiger partial charge in [0.1, 0.15) is 36.6 Å². The molecule has 336 valence electrons. The van der Waals surface area contributed by atoms with Crippen LogP contribution in [0.5, 0.6) is 0 Å². The van der Waals surface area contributed by atoms with E-state index < -0.39 is 55.1 Å². The van der Waals surface area contributed by atoms with Crippen molar-refractivity contribution >= 4 is 5.97 Å². The summed E-state index contributed by atoms with van der Waals surface area (Å²) in [5.41, 5.74) is 13.1. The zero-order chi connectivity index (χ0) is 43.7. The van der Waals surface area contributed by atoms with Crippen LogP contribution in [0.25, 0.3) is 10.4 Å². The number of fused-ring (bicyclic) bond motifs is 1. The summed E-state index contributed by atoms with van der Waals surface area (Å²) >= 11 is 0. The molecule has 2 saturated heterocycles. The van der Waals surface area contributed by atoms with E-state index in [1.54, 1.807) is 24.3 Å². The third-order valence-electron chi connectivity index (χ3n) is 11.5. The predicted molar refractivity (Wildman–Crippen MR) is 243 cm³/mol. The maximum atomic E-state index is 13.5. The van der Waals surface area contributed by atoms with Crippen LogP contribution in [-0.2, 0) is 46.4 Å². The second kappa shape index (κ2) is 27.4. The Morgan fingerprint density at radius 1 is 0.714 bits per heavy atom. The lowest BCUT2D eigenvalue weighted by Gasteiger charge is -2.49. The van der Waals surface area contributed by atoms with Gasteiger partial charge in [-0.15, -0.1) is 0 Å². The van der Waals surface area contributed by atoms with Crippen molar-refractivity contribution in [3.05, 3.63) is 166 Å². The summed E-state index contributed by atoms with van der Waals surface area (Å²) in [6, 6.07) is 37.4. The number of azide groups is 1. The molecule has 0 aromatic heterocycles. The summed E-state index contributed by atoms with van der Waals surface area (Å²) in [6.07, 6.45) is 13.3. The lowest BCUT2D eigenvalue weighted by atomic mass is 9.97. The van der Waals surface area contributed by atoms with Gasteiger partial charge in [0, 0.05) is 10.5 Å². The maximum absolute atomic E-state index is 13.5. The number of rotatable bonds is 27. The first-order chi connectivity index (χ1) is 31.1. The smallest absolute Gasteiger partial charge is 0.338 e. The van der Waals surface area contributed by atoms with Crippen LogP contribution in [0.15, 0.2) is 139 Å². The summed E-state index contributed by atoms with van der Waals surface area (Å²) in [5, 5.41) is 4.12. The molecule has 63 heavy (non-hydrogen) atoms. The number of ether oxygens (including phenoxy) is 7. The Bertz CT molecular complexity index is 1930. The number of carbonyl (C=O) groups excluding carboxylic acids is 1. The van der Waals surface area contributed by atoms with E-state index in [4.69, 9.17) is 33.2 Å². The Kier molecular flexibility index (Phi) is 20.7. The first-order valence-electron chi connectivity index (χ1n) is 23.0. The minimum atomic E-state index is -1.00. The van der Waals surface area contributed by atoms with Crippen molar-refractivity contribution in [2.45, 2.75) is 146 Å². The van der Waals surface area contributed by atoms with Crippen LogP contribution in [0.1, 0.15) is 117 Å². The normalized spacial score (nSPS) is 21.9. The van der Waals surface area contributed by atoms with Gasteiger partial charge in [-0.3, -0.25) is 0 Å². The Morgan fingerprint density at radius 3 is 1.87 bits per heavy atom. The lowest BCUT2D eigenvalue weighted by Crippen LogP contribution is -2.63. The highest BCUT2D eigenvalue weighted by molar-refractivity contribution is 5.89. The average Bonchev–Trinajstić information content (AvgIpc) is 3.33. The Morgan fingerprint density at radius 2 is 1.27 bits per heavy atom. The number of hydrogen-bond acceptors (Lipinski definition) is 9. The summed E-state index contributed by atoms with van der Waals surface area (Å²) in [6.45, 7) is 2.85. The van der Waals surface area contributed by atoms with Gasteiger partial charge in [0.2, 0.25) is 0 Å². The van der Waals surface area contributed by atoms with E-state index >= 15 is 0 Å². The molecule has 2 aliphatic heterocycles. The minimum absolute atomic E-state index is 0.146. The number of allylic oxidation sites excluding steroid dienone is 1. The molecular formula is C52H65N3O8. The molecule has 11 heteroatoms. The number of hydrogen-bond donors (Lipinski definition) is 0. The number of nitrogens with zero attached hydrogens (tertiary/aromatic N) is 3. The van der Waals surface area contributed by atoms with E-state index in [-0.39, 0.29) is 26.4 Å². The van der Waals surface area contributed by atoms with E-state index in [1.165, 1.54) is 57.8 Å². The lowest BCUT2D eigenvalue weighted by molar-refractivity contribution is -0.372. The maximum Gasteiger partial charge on any atom is 0.338 e. The molecule has 0 N–H and O–H groups in total. The van der Waals surface area contributed by atoms with Gasteiger partial charge in [-0.2, -0.15) is 0 Å². The van der Waals surface area contributed by atoms with Gasteiger partial charge in [0.25, 0.3) is 0 Å². The van der Waals surface area contributed by atoms with E-state index in [1.807, 2.05) is 109 Å². The van der Waals surface area contributed by atoms with Crippen molar-refractivity contribution in [1.82, 2.24) is 0 Å². The first-order valence-corrected chi connectivity index (χ1v) is 23.0. The molecule has 0 bridgehead atoms. The van der Waals surface area contributed by atoms with Crippen LogP contribution in [0.3, 0.4) is 0 Å². The fourth-order valence-corrected chi connectivity index (χ4v) is 7.98. The van der Waals surface area contributed by atoms with E-state index in [9.17, 15) is 10.3 Å². The molecule has 0 spiro atoms. The van der Waals surface area contributed by atoms with Crippen LogP contribution >= 0.6 is 0 Å². The molecule has 2 heterocycles. The van der Waals surface area contributed by atoms with Crippen LogP contribution in [-0.4, -0.2) is 62.0 Å². The van der Waals surface area contributed by atoms with Crippen LogP contribution in [0.4, 0.5) is 0 Å². The second-order valence-electron chi connectivity index (χ2n) is 16.3. The zero-order valence-electron chi connectivity index (χ0n) is 36.7. The molecule has 0 aliphatic carbocycles. The molecule has 11 nitrogen and oxygen atoms in total. The van der Waals surface area contributed by atoms with Crippen LogP contribution in [0.2, 0.25) is 0 Å². The summed E-state index contributed by atoms with van der Waals surface area (Å²) in [7, 11) is 0. The Hall–Kier alpha value is -4.84. The first kappa shape index (κ1) is 47.6. The third-order valence-corrected chi connectivity index (χ3v) is 11.5. The minimum Gasteiger partial charge on any atom is -0.454 e. The van der Waals surface area contributed by atoms with Crippen molar-refractivity contribution in [3.8, 4) is 0 Å². The van der Waals surface area contributed by atoms with Crippen molar-refractivity contribution in [2.24, 2.45) is 5.11 Å². The topological polar surface area (TPSA) is 130 Å². The van der Waals surface area contributed by atoms with Gasteiger partial charge < -0.3 is 33.2 Å². The highest BCUT2D eigenvalue weighted by Gasteiger charge is 2.52. The fraction of sp³-hybridized carbons (Fsp3) is 0.481. The highest BCUT2D eigenvalue weighted by atomic mass is 16.8. The molecule has 4 aromatic rings. The molecule has 0 amide bonds. The molecule has 0 saturated carbocycles. The van der Waals surface area contributed by atoms with Gasteiger partial charge in [-0.05, 0) is 47.7 Å². The number of esters is 1. The van der Waals surface area contributed by atoms with Gasteiger partial charge in [-0.1, -0.05) is 192 Å². The van der Waals surface area contributed by atoms with Crippen molar-refractivity contribution in [2.75, 3.05) is 13.2 Å². The van der Waals surface area contributed by atoms with Crippen LogP contribution in [0, 0.1) is 0 Å².